The number of aromatic hydroxyl groups is 1. The maximum Gasteiger partial charge on any atom is 0.337 e. The molecule has 0 unspecified atom stereocenters. The van der Waals surface area contributed by atoms with Crippen LogP contribution in [-0.2, 0) is 11.3 Å². The summed E-state index contributed by atoms with van der Waals surface area (Å²) in [6.45, 7) is 6.13. The standard InChI is InChI=1S/C22H23NO6/c1-4-23(5-2)12-17-18(24)11-10-16-20(25)19(13-28-21(16)17)29-15-8-6-14(7-9-15)22(26)27-3/h6-11,13,24H,4-5,12H2,1-3H3. The normalized spacial score (nSPS) is 11.0. The van der Waals surface area contributed by atoms with Gasteiger partial charge in [-0.3, -0.25) is 9.69 Å². The Morgan fingerprint density at radius 1 is 1.10 bits per heavy atom. The third-order valence-corrected chi connectivity index (χ3v) is 4.77. The number of benzene rings is 2. The van der Waals surface area contributed by atoms with Crippen LogP contribution >= 0.6 is 0 Å². The van der Waals surface area contributed by atoms with E-state index in [4.69, 9.17) is 9.15 Å². The second-order valence-electron chi connectivity index (χ2n) is 6.45. The van der Waals surface area contributed by atoms with E-state index in [0.29, 0.717) is 34.4 Å². The highest BCUT2D eigenvalue weighted by Gasteiger charge is 2.17. The molecule has 0 aliphatic carbocycles. The molecule has 0 amide bonds. The number of nitrogens with zero attached hydrogens (tertiary/aromatic N) is 1. The Bertz CT molecular complexity index is 1070. The first-order valence-corrected chi connectivity index (χ1v) is 9.33. The molecule has 3 rings (SSSR count). The lowest BCUT2D eigenvalue weighted by Crippen LogP contribution is -2.22. The van der Waals surface area contributed by atoms with Gasteiger partial charge >= 0.3 is 5.97 Å². The number of phenols is 1. The molecule has 1 N–H and O–H groups in total. The summed E-state index contributed by atoms with van der Waals surface area (Å²) in [5.41, 5.74) is 0.943. The average Bonchev–Trinajstić information content (AvgIpc) is 2.75. The maximum absolute atomic E-state index is 12.9. The summed E-state index contributed by atoms with van der Waals surface area (Å²) in [5.74, 6) is 0.0242. The van der Waals surface area contributed by atoms with Gasteiger partial charge in [0.05, 0.1) is 23.6 Å². The number of fused-ring (bicyclic) bond motifs is 1. The predicted octanol–water partition coefficient (Wildman–Crippen LogP) is 3.92. The van der Waals surface area contributed by atoms with E-state index in [0.717, 1.165) is 13.1 Å². The third kappa shape index (κ3) is 4.25. The van der Waals surface area contributed by atoms with Gasteiger partial charge in [-0.1, -0.05) is 13.8 Å². The zero-order valence-electron chi connectivity index (χ0n) is 16.6. The highest BCUT2D eigenvalue weighted by atomic mass is 16.5. The fourth-order valence-electron chi connectivity index (χ4n) is 3.03. The molecule has 0 aliphatic heterocycles. The summed E-state index contributed by atoms with van der Waals surface area (Å²) in [7, 11) is 1.30. The van der Waals surface area contributed by atoms with E-state index in [1.165, 1.54) is 25.5 Å². The van der Waals surface area contributed by atoms with Crippen LogP contribution in [0.3, 0.4) is 0 Å². The van der Waals surface area contributed by atoms with Crippen LogP contribution in [0.4, 0.5) is 0 Å². The molecule has 1 aromatic heterocycles. The van der Waals surface area contributed by atoms with Crippen LogP contribution in [0.15, 0.2) is 51.9 Å². The Hall–Kier alpha value is -3.32. The minimum atomic E-state index is -0.456. The molecule has 2 aromatic carbocycles. The minimum absolute atomic E-state index is 0.0165. The Labute approximate surface area is 168 Å². The molecule has 0 spiro atoms. The van der Waals surface area contributed by atoms with Crippen molar-refractivity contribution in [2.24, 2.45) is 0 Å². The topological polar surface area (TPSA) is 89.2 Å². The molecule has 29 heavy (non-hydrogen) atoms. The highest BCUT2D eigenvalue weighted by Crippen LogP contribution is 2.29. The van der Waals surface area contributed by atoms with Gasteiger partial charge in [0.1, 0.15) is 23.3 Å². The SMILES string of the molecule is CCN(CC)Cc1c(O)ccc2c(=O)c(Oc3ccc(C(=O)OC)cc3)coc12. The lowest BCUT2D eigenvalue weighted by atomic mass is 10.1. The van der Waals surface area contributed by atoms with Crippen molar-refractivity contribution in [3.8, 4) is 17.2 Å². The molecule has 0 saturated heterocycles. The van der Waals surface area contributed by atoms with E-state index >= 15 is 0 Å². The van der Waals surface area contributed by atoms with E-state index in [1.54, 1.807) is 24.3 Å². The monoisotopic (exact) mass is 397 g/mol. The molecule has 0 aliphatic rings. The summed E-state index contributed by atoms with van der Waals surface area (Å²) in [4.78, 5) is 26.5. The minimum Gasteiger partial charge on any atom is -0.507 e. The van der Waals surface area contributed by atoms with E-state index in [2.05, 4.69) is 9.64 Å². The van der Waals surface area contributed by atoms with Crippen LogP contribution in [0.25, 0.3) is 11.0 Å². The second kappa shape index (κ2) is 8.79. The van der Waals surface area contributed by atoms with Crippen LogP contribution in [0.2, 0.25) is 0 Å². The number of ether oxygens (including phenoxy) is 2. The molecule has 152 valence electrons. The number of esters is 1. The molecule has 0 radical (unpaired) electrons. The average molecular weight is 397 g/mol. The summed E-state index contributed by atoms with van der Waals surface area (Å²) in [6, 6.07) is 9.24. The Balaban J connectivity index is 1.95. The van der Waals surface area contributed by atoms with Crippen molar-refractivity contribution in [3.05, 3.63) is 64.0 Å². The van der Waals surface area contributed by atoms with Gasteiger partial charge in [0, 0.05) is 6.54 Å². The number of hydrogen-bond acceptors (Lipinski definition) is 7. The van der Waals surface area contributed by atoms with Crippen molar-refractivity contribution in [1.29, 1.82) is 0 Å². The number of methoxy groups -OCH3 is 1. The number of phenolic OH excluding ortho intramolecular Hbond substituents is 1. The number of hydrogen-bond donors (Lipinski definition) is 1. The van der Waals surface area contributed by atoms with Gasteiger partial charge in [-0.25, -0.2) is 4.79 Å². The molecule has 7 nitrogen and oxygen atoms in total. The lowest BCUT2D eigenvalue weighted by Gasteiger charge is -2.19. The fourth-order valence-corrected chi connectivity index (χ4v) is 3.03. The molecule has 0 bridgehead atoms. The van der Waals surface area contributed by atoms with E-state index in [9.17, 15) is 14.7 Å². The number of carbonyl (C=O) groups is 1. The zero-order chi connectivity index (χ0) is 21.0. The van der Waals surface area contributed by atoms with Crippen molar-refractivity contribution in [2.75, 3.05) is 20.2 Å². The highest BCUT2D eigenvalue weighted by molar-refractivity contribution is 5.89. The van der Waals surface area contributed by atoms with Gasteiger partial charge < -0.3 is 19.0 Å². The first-order valence-electron chi connectivity index (χ1n) is 9.33. The quantitative estimate of drug-likeness (QED) is 0.605. The zero-order valence-corrected chi connectivity index (χ0v) is 16.6. The van der Waals surface area contributed by atoms with E-state index in [-0.39, 0.29) is 16.9 Å². The summed E-state index contributed by atoms with van der Waals surface area (Å²) >= 11 is 0. The smallest absolute Gasteiger partial charge is 0.337 e. The second-order valence-corrected chi connectivity index (χ2v) is 6.45. The molecule has 1 heterocycles. The van der Waals surface area contributed by atoms with Gasteiger partial charge in [0.25, 0.3) is 0 Å². The van der Waals surface area contributed by atoms with Gasteiger partial charge in [-0.05, 0) is 49.5 Å². The Morgan fingerprint density at radius 3 is 2.41 bits per heavy atom. The van der Waals surface area contributed by atoms with Crippen molar-refractivity contribution in [2.45, 2.75) is 20.4 Å². The predicted molar refractivity (Wildman–Crippen MR) is 109 cm³/mol. The van der Waals surface area contributed by atoms with Gasteiger partial charge in [-0.15, -0.1) is 0 Å². The molecule has 0 fully saturated rings. The largest absolute Gasteiger partial charge is 0.507 e. The van der Waals surface area contributed by atoms with Crippen LogP contribution in [0.5, 0.6) is 17.2 Å². The maximum atomic E-state index is 12.9. The van der Waals surface area contributed by atoms with Crippen LogP contribution < -0.4 is 10.2 Å². The molecule has 3 aromatic rings. The van der Waals surface area contributed by atoms with Crippen LogP contribution in [0.1, 0.15) is 29.8 Å². The van der Waals surface area contributed by atoms with Gasteiger partial charge in [0.2, 0.25) is 11.2 Å². The number of carbonyl (C=O) groups excluding carboxylic acids is 1. The Kier molecular flexibility index (Phi) is 6.19. The van der Waals surface area contributed by atoms with Crippen molar-refractivity contribution in [3.63, 3.8) is 0 Å². The number of rotatable bonds is 7. The Morgan fingerprint density at radius 2 is 1.79 bits per heavy atom. The fraction of sp³-hybridized carbons (Fsp3) is 0.273. The summed E-state index contributed by atoms with van der Waals surface area (Å²) in [5, 5.41) is 10.6. The first kappa shape index (κ1) is 20.4. The molecular formula is C22H23NO6. The molecule has 0 saturated carbocycles. The summed E-state index contributed by atoms with van der Waals surface area (Å²) < 4.78 is 16.0. The summed E-state index contributed by atoms with van der Waals surface area (Å²) in [6.07, 6.45) is 1.24. The first-order chi connectivity index (χ1) is 14.0. The van der Waals surface area contributed by atoms with Crippen molar-refractivity contribution >= 4 is 16.9 Å². The van der Waals surface area contributed by atoms with E-state index in [1.807, 2.05) is 13.8 Å². The lowest BCUT2D eigenvalue weighted by molar-refractivity contribution is 0.0600. The third-order valence-electron chi connectivity index (χ3n) is 4.77. The van der Waals surface area contributed by atoms with Crippen molar-refractivity contribution in [1.82, 2.24) is 4.90 Å². The molecule has 7 heteroatoms. The van der Waals surface area contributed by atoms with Crippen LogP contribution in [-0.4, -0.2) is 36.2 Å². The van der Waals surface area contributed by atoms with Crippen LogP contribution in [0, 0.1) is 0 Å². The van der Waals surface area contributed by atoms with Gasteiger partial charge in [-0.2, -0.15) is 0 Å². The molecule has 0 atom stereocenters. The molecular weight excluding hydrogens is 374 g/mol. The van der Waals surface area contributed by atoms with Gasteiger partial charge in [0.15, 0.2) is 0 Å². The van der Waals surface area contributed by atoms with Crippen molar-refractivity contribution < 1.29 is 23.8 Å². The van der Waals surface area contributed by atoms with E-state index < -0.39 is 5.97 Å².